The lowest BCUT2D eigenvalue weighted by molar-refractivity contribution is -0.142. The monoisotopic (exact) mass is 506 g/mol. The van der Waals surface area contributed by atoms with Crippen molar-refractivity contribution in [2.24, 2.45) is 11.3 Å². The van der Waals surface area contributed by atoms with Crippen LogP contribution in [0.25, 0.3) is 0 Å². The summed E-state index contributed by atoms with van der Waals surface area (Å²) in [6.07, 6.45) is -0.853. The number of hydrogen-bond donors (Lipinski definition) is 3. The maximum absolute atomic E-state index is 13.5. The van der Waals surface area contributed by atoms with Crippen molar-refractivity contribution in [2.45, 2.75) is 91.1 Å². The average molecular weight is 507 g/mol. The number of nitrogens with one attached hydrogen (secondary N) is 1. The van der Waals surface area contributed by atoms with E-state index in [2.05, 4.69) is 5.32 Å². The molecule has 0 aliphatic carbocycles. The molecule has 202 valence electrons. The fourth-order valence-corrected chi connectivity index (χ4v) is 4.49. The third-order valence-electron chi connectivity index (χ3n) is 6.34. The molecule has 0 aromatic heterocycles. The van der Waals surface area contributed by atoms with Crippen molar-refractivity contribution in [3.63, 3.8) is 0 Å². The van der Waals surface area contributed by atoms with Gasteiger partial charge in [-0.2, -0.15) is 0 Å². The second-order valence-electron chi connectivity index (χ2n) is 11.5. The Morgan fingerprint density at radius 3 is 2.39 bits per heavy atom. The maximum Gasteiger partial charge on any atom is 0.407 e. The number of carboxylic acid groups (broad SMARTS) is 1. The predicted octanol–water partition coefficient (Wildman–Crippen LogP) is 3.76. The third kappa shape index (κ3) is 8.78. The van der Waals surface area contributed by atoms with Crippen molar-refractivity contribution >= 4 is 23.7 Å². The van der Waals surface area contributed by atoms with Gasteiger partial charge in [0.25, 0.3) is 0 Å². The molecule has 1 aromatic carbocycles. The van der Waals surface area contributed by atoms with Crippen molar-refractivity contribution < 1.29 is 34.1 Å². The summed E-state index contributed by atoms with van der Waals surface area (Å²) in [5.41, 5.74) is 0.549. The number of alkyl carbamates (subject to hydrolysis) is 1. The van der Waals surface area contributed by atoms with Crippen molar-refractivity contribution in [2.75, 3.05) is 18.6 Å². The molecule has 9 nitrogen and oxygen atoms in total. The third-order valence-corrected chi connectivity index (χ3v) is 6.34. The zero-order valence-corrected chi connectivity index (χ0v) is 22.5. The molecule has 9 heteroatoms. The molecule has 1 aliphatic rings. The van der Waals surface area contributed by atoms with E-state index in [0.717, 1.165) is 17.7 Å². The molecular weight excluding hydrogens is 464 g/mol. The highest BCUT2D eigenvalue weighted by atomic mass is 16.6. The standard InChI is InChI=1S/C27H42N2O7/c1-17(24(32)33)12-22(30)20(28-25(34)36-26(2,3)4)14-27(5,6)15-23(31)29-16-19(35-7)13-18-10-8-9-11-21(18)29/h8-11,17,19-20,22,30H,12-16H2,1-7H3,(H,28,34)(H,32,33)/t17-,19-,20+,22+/m1/s1. The van der Waals surface area contributed by atoms with Gasteiger partial charge in [-0.05, 0) is 50.7 Å². The molecule has 0 saturated carbocycles. The van der Waals surface area contributed by atoms with E-state index in [1.165, 1.54) is 6.92 Å². The lowest BCUT2D eigenvalue weighted by Crippen LogP contribution is -2.49. The van der Waals surface area contributed by atoms with E-state index >= 15 is 0 Å². The van der Waals surface area contributed by atoms with Gasteiger partial charge in [0, 0.05) is 25.6 Å². The lowest BCUT2D eigenvalue weighted by Gasteiger charge is -2.37. The lowest BCUT2D eigenvalue weighted by atomic mass is 9.79. The molecule has 2 rings (SSSR count). The highest BCUT2D eigenvalue weighted by Gasteiger charge is 2.36. The number of methoxy groups -OCH3 is 1. The molecule has 1 aliphatic heterocycles. The average Bonchev–Trinajstić information content (AvgIpc) is 2.75. The van der Waals surface area contributed by atoms with Gasteiger partial charge in [0.2, 0.25) is 5.91 Å². The number of hydrogen-bond acceptors (Lipinski definition) is 6. The van der Waals surface area contributed by atoms with Crippen LogP contribution < -0.4 is 10.2 Å². The van der Waals surface area contributed by atoms with Crippen LogP contribution in [0, 0.1) is 11.3 Å². The first-order valence-corrected chi connectivity index (χ1v) is 12.4. The first-order valence-electron chi connectivity index (χ1n) is 12.4. The van der Waals surface area contributed by atoms with Crippen LogP contribution >= 0.6 is 0 Å². The molecule has 0 bridgehead atoms. The molecule has 2 amide bonds. The molecular formula is C27H42N2O7. The molecule has 0 spiro atoms. The van der Waals surface area contributed by atoms with E-state index in [1.54, 1.807) is 32.8 Å². The van der Waals surface area contributed by atoms with Crippen LogP contribution in [0.3, 0.4) is 0 Å². The van der Waals surface area contributed by atoms with Crippen molar-refractivity contribution in [1.29, 1.82) is 0 Å². The minimum Gasteiger partial charge on any atom is -0.481 e. The smallest absolute Gasteiger partial charge is 0.407 e. The van der Waals surface area contributed by atoms with Crippen LogP contribution in [-0.2, 0) is 25.5 Å². The number of carboxylic acids is 1. The summed E-state index contributed by atoms with van der Waals surface area (Å²) in [4.78, 5) is 39.1. The first-order chi connectivity index (χ1) is 16.6. The highest BCUT2D eigenvalue weighted by molar-refractivity contribution is 5.95. The number of carbonyl (C=O) groups is 3. The molecule has 0 fully saturated rings. The van der Waals surface area contributed by atoms with Crippen LogP contribution in [0.4, 0.5) is 10.5 Å². The second-order valence-corrected chi connectivity index (χ2v) is 11.5. The topological polar surface area (TPSA) is 125 Å². The molecule has 0 saturated heterocycles. The van der Waals surface area contributed by atoms with Crippen molar-refractivity contribution in [3.8, 4) is 0 Å². The molecule has 3 N–H and O–H groups in total. The van der Waals surface area contributed by atoms with Gasteiger partial charge < -0.3 is 29.9 Å². The van der Waals surface area contributed by atoms with Gasteiger partial charge in [0.05, 0.1) is 30.7 Å². The summed E-state index contributed by atoms with van der Waals surface area (Å²) in [5, 5.41) is 22.9. The molecule has 0 radical (unpaired) electrons. The number of para-hydroxylation sites is 1. The quantitative estimate of drug-likeness (QED) is 0.441. The summed E-state index contributed by atoms with van der Waals surface area (Å²) in [7, 11) is 1.64. The fourth-order valence-electron chi connectivity index (χ4n) is 4.49. The fraction of sp³-hybridized carbons (Fsp3) is 0.667. The summed E-state index contributed by atoms with van der Waals surface area (Å²) >= 11 is 0. The van der Waals surface area contributed by atoms with E-state index < -0.39 is 41.1 Å². The van der Waals surface area contributed by atoms with Crippen molar-refractivity contribution in [1.82, 2.24) is 5.32 Å². The normalized spacial score (nSPS) is 18.6. The predicted molar refractivity (Wildman–Crippen MR) is 137 cm³/mol. The van der Waals surface area contributed by atoms with E-state index in [9.17, 15) is 24.6 Å². The zero-order valence-electron chi connectivity index (χ0n) is 22.5. The largest absolute Gasteiger partial charge is 0.481 e. The van der Waals surface area contributed by atoms with Crippen LogP contribution in [0.5, 0.6) is 0 Å². The van der Waals surface area contributed by atoms with Gasteiger partial charge in [0.1, 0.15) is 5.60 Å². The van der Waals surface area contributed by atoms with Crippen LogP contribution in [0.2, 0.25) is 0 Å². The number of aliphatic hydroxyl groups is 1. The summed E-state index contributed by atoms with van der Waals surface area (Å²) in [6.45, 7) is 10.9. The van der Waals surface area contributed by atoms with Gasteiger partial charge >= 0.3 is 12.1 Å². The maximum atomic E-state index is 13.5. The second kappa shape index (κ2) is 12.1. The number of nitrogens with zero attached hydrogens (tertiary/aromatic N) is 1. The molecule has 1 heterocycles. The number of aliphatic carboxylic acids is 1. The van der Waals surface area contributed by atoms with E-state index in [-0.39, 0.29) is 31.3 Å². The van der Waals surface area contributed by atoms with Crippen molar-refractivity contribution in [3.05, 3.63) is 29.8 Å². The Balaban J connectivity index is 2.19. The summed E-state index contributed by atoms with van der Waals surface area (Å²) in [6, 6.07) is 6.96. The van der Waals surface area contributed by atoms with Gasteiger partial charge in [0.15, 0.2) is 0 Å². The number of benzene rings is 1. The SMILES string of the molecule is CO[C@@H]1Cc2ccccc2N(C(=O)CC(C)(C)C[C@H](NC(=O)OC(C)(C)C)[C@@H](O)C[C@@H](C)C(=O)O)C1. The number of anilines is 1. The Morgan fingerprint density at radius 1 is 1.17 bits per heavy atom. The first kappa shape index (κ1) is 29.6. The Labute approximate surface area is 214 Å². The zero-order chi connectivity index (χ0) is 27.3. The Hall–Kier alpha value is -2.65. The van der Waals surface area contributed by atoms with E-state index in [4.69, 9.17) is 9.47 Å². The number of rotatable bonds is 10. The molecule has 36 heavy (non-hydrogen) atoms. The van der Waals surface area contributed by atoms with Crippen LogP contribution in [-0.4, -0.2) is 65.7 Å². The van der Waals surface area contributed by atoms with E-state index in [1.807, 2.05) is 38.1 Å². The Morgan fingerprint density at radius 2 is 1.81 bits per heavy atom. The molecule has 4 atom stereocenters. The van der Waals surface area contributed by atoms with Gasteiger partial charge in [-0.1, -0.05) is 39.0 Å². The van der Waals surface area contributed by atoms with Gasteiger partial charge in [-0.3, -0.25) is 9.59 Å². The van der Waals surface area contributed by atoms with Crippen LogP contribution in [0.1, 0.15) is 66.4 Å². The number of carbonyl (C=O) groups excluding carboxylic acids is 2. The van der Waals surface area contributed by atoms with E-state index in [0.29, 0.717) is 6.54 Å². The van der Waals surface area contributed by atoms with Crippen LogP contribution in [0.15, 0.2) is 24.3 Å². The summed E-state index contributed by atoms with van der Waals surface area (Å²) in [5.74, 6) is -1.92. The number of ether oxygens (including phenoxy) is 2. The highest BCUT2D eigenvalue weighted by Crippen LogP contribution is 2.34. The number of aliphatic hydroxyl groups excluding tert-OH is 1. The summed E-state index contributed by atoms with van der Waals surface area (Å²) < 4.78 is 10.9. The van der Waals surface area contributed by atoms with Gasteiger partial charge in [-0.25, -0.2) is 4.79 Å². The minimum atomic E-state index is -1.13. The Kier molecular flexibility index (Phi) is 9.91. The molecule has 1 aromatic rings. The minimum absolute atomic E-state index is 0.0468. The molecule has 0 unspecified atom stereocenters. The number of amides is 2. The Bertz CT molecular complexity index is 925. The van der Waals surface area contributed by atoms with Gasteiger partial charge in [-0.15, -0.1) is 0 Å². The number of fused-ring (bicyclic) bond motifs is 1.